The molecule has 0 saturated heterocycles. The molecule has 0 aliphatic heterocycles. The molecule has 0 radical (unpaired) electrons. The number of carbonyl (C=O) groups excluding carboxylic acids is 1. The highest BCUT2D eigenvalue weighted by atomic mass is 35.5. The predicted octanol–water partition coefficient (Wildman–Crippen LogP) is -10.6. The van der Waals surface area contributed by atoms with E-state index in [-0.39, 0.29) is 17.2 Å². The number of carboxylic acids is 1. The van der Waals surface area contributed by atoms with Gasteiger partial charge in [0.15, 0.2) is 13.5 Å². The Labute approximate surface area is 195 Å². The molecule has 2 rings (SSSR count). The van der Waals surface area contributed by atoms with Crippen LogP contribution in [0.2, 0.25) is 5.02 Å². The Morgan fingerprint density at radius 1 is 0.968 bits per heavy atom. The van der Waals surface area contributed by atoms with Crippen LogP contribution < -0.4 is 32.8 Å². The van der Waals surface area contributed by atoms with E-state index < -0.39 is 17.2 Å². The van der Waals surface area contributed by atoms with Crippen molar-refractivity contribution in [2.45, 2.75) is 11.1 Å². The molecule has 0 saturated carbocycles. The molecule has 0 bridgehead atoms. The summed E-state index contributed by atoms with van der Waals surface area (Å²) in [6.07, 6.45) is 0. The van der Waals surface area contributed by atoms with Crippen LogP contribution in [-0.4, -0.2) is 103 Å². The smallest absolute Gasteiger partial charge is 0.311 e. The Morgan fingerprint density at radius 2 is 1.52 bits per heavy atom. The van der Waals surface area contributed by atoms with Crippen molar-refractivity contribution in [3.05, 3.63) is 16.3 Å². The number of pyridine rings is 1. The topological polar surface area (TPSA) is 99.5 Å². The number of aromatic hydroxyl groups is 1. The first-order valence-electron chi connectivity index (χ1n) is 10.2. The summed E-state index contributed by atoms with van der Waals surface area (Å²) in [5, 5.41) is 21.7. The lowest BCUT2D eigenvalue weighted by Crippen LogP contribution is -2.56. The number of carbonyl (C=O) groups is 2. The molecule has 150 valence electrons. The summed E-state index contributed by atoms with van der Waals surface area (Å²) in [6.45, 7) is 0. The first-order chi connectivity index (χ1) is 14.1. The molecule has 1 heterocycles. The van der Waals surface area contributed by atoms with Crippen LogP contribution >= 0.6 is 11.6 Å². The second-order valence-electron chi connectivity index (χ2n) is 8.91. The quantitative estimate of drug-likeness (QED) is 0.412. The Kier molecular flexibility index (Phi) is 7.21. The normalized spacial score (nSPS) is 11.4. The first kappa shape index (κ1) is 25.2. The number of benzene rings is 1. The molecule has 1 aromatic carbocycles. The Hall–Kier alpha value is -2.02. The van der Waals surface area contributed by atoms with Gasteiger partial charge in [0, 0.05) is 10.6 Å². The third kappa shape index (κ3) is 4.47. The molecule has 0 unspecified atom stereocenters. The van der Waals surface area contributed by atoms with Crippen molar-refractivity contribution in [1.82, 2.24) is 10.3 Å². The Balaban J connectivity index is 2.80. The average Bonchev–Trinajstić information content (AvgIpc) is 2.66. The van der Waals surface area contributed by atoms with E-state index in [1.54, 1.807) is 15.7 Å². The molecule has 1 amide bonds. The lowest BCUT2D eigenvalue weighted by molar-refractivity contribution is -0.138. The van der Waals surface area contributed by atoms with Crippen LogP contribution in [-0.2, 0) is 4.79 Å². The number of nitrogens with one attached hydrogen (secondary N) is 1. The van der Waals surface area contributed by atoms with Crippen LogP contribution in [0.3, 0.4) is 0 Å². The van der Waals surface area contributed by atoms with Gasteiger partial charge in [0.05, 0.1) is 5.34 Å². The second kappa shape index (κ2) is 8.85. The predicted molar refractivity (Wildman–Crippen MR) is 152 cm³/mol. The largest absolute Gasteiger partial charge is 0.506 e. The number of hydrogen-bond donors (Lipinski definition) is 3. The van der Waals surface area contributed by atoms with Crippen molar-refractivity contribution in [2.75, 3.05) is 0 Å². The minimum atomic E-state index is -1.51. The van der Waals surface area contributed by atoms with Crippen LogP contribution in [0.5, 0.6) is 5.75 Å². The van der Waals surface area contributed by atoms with Gasteiger partial charge in [0.1, 0.15) is 68.5 Å². The molecule has 0 aliphatic carbocycles. The Bertz CT molecular complexity index is 1110. The van der Waals surface area contributed by atoms with Gasteiger partial charge in [0.25, 0.3) is 5.91 Å². The molecule has 0 spiro atoms. The van der Waals surface area contributed by atoms with E-state index in [0.717, 1.165) is 33.1 Å². The molecule has 31 heavy (non-hydrogen) atoms. The summed E-state index contributed by atoms with van der Waals surface area (Å²) < 4.78 is 0. The molecule has 2 aromatic rings. The number of carboxylic acid groups (broad SMARTS) is 1. The van der Waals surface area contributed by atoms with E-state index in [0.29, 0.717) is 16.1 Å². The number of nitrogens with zero attached hydrogens (tertiary/aromatic N) is 1. The van der Waals surface area contributed by atoms with Crippen molar-refractivity contribution in [3.63, 3.8) is 0 Å². The lowest BCUT2D eigenvalue weighted by Gasteiger charge is -2.27. The minimum absolute atomic E-state index is 0.199. The number of halogens is 1. The van der Waals surface area contributed by atoms with E-state index >= 15 is 0 Å². The fraction of sp³-hybridized carbons (Fsp3) is 0.133. The van der Waals surface area contributed by atoms with Crippen molar-refractivity contribution >= 4 is 122 Å². The highest BCUT2D eigenvalue weighted by molar-refractivity contribution is 6.62. The number of hydrogen-bond acceptors (Lipinski definition) is 4. The molecular formula is C15H22B9ClN2O4. The van der Waals surface area contributed by atoms with Gasteiger partial charge in [-0.2, -0.15) is 0 Å². The fourth-order valence-electron chi connectivity index (χ4n) is 3.96. The summed E-state index contributed by atoms with van der Waals surface area (Å²) in [6, 6.07) is 0. The van der Waals surface area contributed by atoms with Crippen LogP contribution in [0.1, 0.15) is 21.8 Å². The van der Waals surface area contributed by atoms with Crippen molar-refractivity contribution in [3.8, 4) is 16.9 Å². The van der Waals surface area contributed by atoms with Crippen LogP contribution in [0.15, 0.2) is 0 Å². The zero-order chi connectivity index (χ0) is 24.0. The van der Waals surface area contributed by atoms with Gasteiger partial charge >= 0.3 is 5.97 Å². The maximum Gasteiger partial charge on any atom is 0.311 e. The minimum Gasteiger partial charge on any atom is -0.506 e. The maximum absolute atomic E-state index is 12.7. The van der Waals surface area contributed by atoms with E-state index in [4.69, 9.17) is 11.6 Å². The van der Waals surface area contributed by atoms with Crippen molar-refractivity contribution in [2.24, 2.45) is 0 Å². The number of aromatic nitrogens is 1. The fourth-order valence-corrected chi connectivity index (χ4v) is 4.19. The third-order valence-electron chi connectivity index (χ3n) is 5.87. The third-order valence-corrected chi connectivity index (χ3v) is 6.44. The lowest BCUT2D eigenvalue weighted by atomic mass is 9.57. The van der Waals surface area contributed by atoms with Gasteiger partial charge in [-0.25, -0.2) is 0 Å². The summed E-state index contributed by atoms with van der Waals surface area (Å²) in [7, 11) is 16.4. The molecule has 0 atom stereocenters. The van der Waals surface area contributed by atoms with Gasteiger partial charge in [-0.3, -0.25) is 14.6 Å². The highest BCUT2D eigenvalue weighted by Gasteiger charge is 2.32. The molecule has 1 aromatic heterocycles. The zero-order valence-electron chi connectivity index (χ0n) is 19.6. The van der Waals surface area contributed by atoms with Crippen molar-refractivity contribution < 1.29 is 19.8 Å². The number of rotatable bonds is 5. The van der Waals surface area contributed by atoms with Crippen LogP contribution in [0.25, 0.3) is 11.1 Å². The average molecular weight is 427 g/mol. The monoisotopic (exact) mass is 428 g/mol. The summed E-state index contributed by atoms with van der Waals surface area (Å²) in [5.74, 6) is -2.21. The molecule has 3 N–H and O–H groups in total. The summed E-state index contributed by atoms with van der Waals surface area (Å²) in [5.41, 5.74) is 6.82. The number of amides is 1. The molecule has 16 heteroatoms. The van der Waals surface area contributed by atoms with E-state index in [1.165, 1.54) is 15.7 Å². The first-order valence-corrected chi connectivity index (χ1v) is 10.6. The molecular weight excluding hydrogens is 405 g/mol. The van der Waals surface area contributed by atoms with E-state index in [2.05, 4.69) is 26.0 Å². The Morgan fingerprint density at radius 3 is 2.00 bits per heavy atom. The van der Waals surface area contributed by atoms with Gasteiger partial charge < -0.3 is 15.5 Å². The SMILES string of the molecule is Bc1nc(C(=O)NC(B)(B)C(=O)O)c(O)c(B)c1-c1c(B)c(Cl)c(B)c(B)c1C(B)B. The van der Waals surface area contributed by atoms with E-state index in [9.17, 15) is 19.8 Å². The van der Waals surface area contributed by atoms with Crippen molar-refractivity contribution in [1.29, 1.82) is 0 Å². The van der Waals surface area contributed by atoms with Gasteiger partial charge in [-0.15, -0.1) is 0 Å². The zero-order valence-corrected chi connectivity index (χ0v) is 20.4. The van der Waals surface area contributed by atoms with Gasteiger partial charge in [-0.05, 0) is 16.6 Å². The summed E-state index contributed by atoms with van der Waals surface area (Å²) >= 11 is 6.64. The van der Waals surface area contributed by atoms with Crippen LogP contribution in [0.4, 0.5) is 0 Å². The highest BCUT2D eigenvalue weighted by Crippen LogP contribution is 2.25. The van der Waals surface area contributed by atoms with Gasteiger partial charge in [-0.1, -0.05) is 39.3 Å². The van der Waals surface area contributed by atoms with Gasteiger partial charge in [0.2, 0.25) is 0 Å². The summed E-state index contributed by atoms with van der Waals surface area (Å²) in [4.78, 5) is 28.5. The number of aliphatic carboxylic acids is 1. The van der Waals surface area contributed by atoms with E-state index in [1.807, 2.05) is 23.5 Å². The molecule has 0 aliphatic rings. The standard InChI is InChI=1S/C15H22B9ClN2O4/c16-4-2(11(20)21)1(5(17)8(25)7(4)19)3-6(18)10(28)9(26-12(3)22)13(29)27-15(23,24)14(30)31/h11,28H,16-24H2,(H,27,29)(H,30,31). The van der Waals surface area contributed by atoms with Crippen LogP contribution in [0, 0.1) is 0 Å². The maximum atomic E-state index is 12.7. The molecule has 0 fully saturated rings. The second-order valence-corrected chi connectivity index (χ2v) is 9.29. The molecule has 6 nitrogen and oxygen atoms in total.